The van der Waals surface area contributed by atoms with Crippen molar-refractivity contribution in [2.24, 2.45) is 0 Å². The molecular weight excluding hydrogens is 667 g/mol. The van der Waals surface area contributed by atoms with Gasteiger partial charge in [-0.3, -0.25) is 0 Å². The van der Waals surface area contributed by atoms with E-state index in [1.165, 1.54) is 63.5 Å². The molecule has 0 unspecified atom stereocenters. The summed E-state index contributed by atoms with van der Waals surface area (Å²) in [5.41, 5.74) is 8.51. The van der Waals surface area contributed by atoms with E-state index in [-0.39, 0.29) is 0 Å². The Kier molecular flexibility index (Phi) is 5.90. The van der Waals surface area contributed by atoms with E-state index < -0.39 is 0 Å². The van der Waals surface area contributed by atoms with Crippen LogP contribution in [-0.4, -0.2) is 14.5 Å². The topological polar surface area (TPSA) is 43.9 Å². The highest BCUT2D eigenvalue weighted by molar-refractivity contribution is 7.26. The van der Waals surface area contributed by atoms with E-state index in [1.807, 2.05) is 47.7 Å². The molecule has 4 heterocycles. The molecule has 0 spiro atoms. The van der Waals surface area contributed by atoms with Crippen LogP contribution in [0.3, 0.4) is 0 Å². The summed E-state index contributed by atoms with van der Waals surface area (Å²) >= 11 is 1.88. The SMILES string of the molecule is c1ccc(-c2nc(-c3ccc(-n4c5ccccc5c5c6ccc7ccc8sc9ccccc9c8c7c6ccc54)cc3)nc3c2oc2ccccc23)cc1. The molecule has 0 saturated carbocycles. The van der Waals surface area contributed by atoms with Crippen molar-refractivity contribution in [3.05, 3.63) is 164 Å². The number of benzene rings is 8. The molecule has 0 fully saturated rings. The highest BCUT2D eigenvalue weighted by Crippen LogP contribution is 2.44. The third-order valence-electron chi connectivity index (χ3n) is 10.8. The van der Waals surface area contributed by atoms with E-state index in [9.17, 15) is 0 Å². The van der Waals surface area contributed by atoms with Gasteiger partial charge in [-0.05, 0) is 82.2 Å². The van der Waals surface area contributed by atoms with Crippen molar-refractivity contribution in [1.29, 1.82) is 0 Å². The number of thiophene rings is 1. The summed E-state index contributed by atoms with van der Waals surface area (Å²) < 4.78 is 11.4. The van der Waals surface area contributed by atoms with Crippen molar-refractivity contribution in [3.63, 3.8) is 0 Å². The minimum Gasteiger partial charge on any atom is -0.452 e. The fraction of sp³-hybridized carbons (Fsp3) is 0. The van der Waals surface area contributed by atoms with Gasteiger partial charge in [-0.25, -0.2) is 9.97 Å². The molecule has 0 N–H and O–H groups in total. The van der Waals surface area contributed by atoms with Gasteiger partial charge in [-0.15, -0.1) is 11.3 Å². The molecule has 0 radical (unpaired) electrons. The molecule has 0 saturated heterocycles. The molecular formula is C48H27N3OS. The number of fused-ring (bicyclic) bond motifs is 14. The van der Waals surface area contributed by atoms with Crippen LogP contribution in [0.2, 0.25) is 0 Å². The molecule has 12 aromatic rings. The van der Waals surface area contributed by atoms with Gasteiger partial charge in [0, 0.05) is 53.1 Å². The minimum atomic E-state index is 0.668. The van der Waals surface area contributed by atoms with Crippen molar-refractivity contribution in [2.75, 3.05) is 0 Å². The van der Waals surface area contributed by atoms with E-state index in [0.29, 0.717) is 11.4 Å². The predicted molar refractivity (Wildman–Crippen MR) is 222 cm³/mol. The summed E-state index contributed by atoms with van der Waals surface area (Å²) in [6.45, 7) is 0. The Morgan fingerprint density at radius 1 is 0.453 bits per heavy atom. The quantitative estimate of drug-likeness (QED) is 0.173. The van der Waals surface area contributed by atoms with Crippen LogP contribution in [0.5, 0.6) is 0 Å². The van der Waals surface area contributed by atoms with Crippen LogP contribution in [0.1, 0.15) is 0 Å². The van der Waals surface area contributed by atoms with Crippen LogP contribution in [0.15, 0.2) is 168 Å². The highest BCUT2D eigenvalue weighted by atomic mass is 32.1. The van der Waals surface area contributed by atoms with Crippen molar-refractivity contribution >= 4 is 96.9 Å². The molecule has 12 rings (SSSR count). The minimum absolute atomic E-state index is 0.668. The number of hydrogen-bond acceptors (Lipinski definition) is 4. The maximum absolute atomic E-state index is 6.34. The fourth-order valence-electron chi connectivity index (χ4n) is 8.46. The number of rotatable bonds is 3. The summed E-state index contributed by atoms with van der Waals surface area (Å²) in [7, 11) is 0. The van der Waals surface area contributed by atoms with Crippen molar-refractivity contribution in [1.82, 2.24) is 14.5 Å². The lowest BCUT2D eigenvalue weighted by atomic mass is 9.95. The third kappa shape index (κ3) is 4.11. The van der Waals surface area contributed by atoms with Gasteiger partial charge in [-0.1, -0.05) is 103 Å². The molecule has 0 aliphatic rings. The van der Waals surface area contributed by atoms with Gasteiger partial charge in [0.1, 0.15) is 16.8 Å². The summed E-state index contributed by atoms with van der Waals surface area (Å²) in [6.07, 6.45) is 0. The Morgan fingerprint density at radius 2 is 1.17 bits per heavy atom. The van der Waals surface area contributed by atoms with Gasteiger partial charge < -0.3 is 8.98 Å². The van der Waals surface area contributed by atoms with E-state index >= 15 is 0 Å². The second-order valence-corrected chi connectivity index (χ2v) is 14.8. The first-order valence-electron chi connectivity index (χ1n) is 17.8. The molecule has 5 heteroatoms. The third-order valence-corrected chi connectivity index (χ3v) is 11.9. The molecule has 4 aromatic heterocycles. The second-order valence-electron chi connectivity index (χ2n) is 13.7. The first kappa shape index (κ1) is 28.8. The van der Waals surface area contributed by atoms with Gasteiger partial charge in [0.2, 0.25) is 0 Å². The molecule has 53 heavy (non-hydrogen) atoms. The summed E-state index contributed by atoms with van der Waals surface area (Å²) in [6, 6.07) is 58.3. The molecule has 0 bridgehead atoms. The lowest BCUT2D eigenvalue weighted by Crippen LogP contribution is -1.96. The summed E-state index contributed by atoms with van der Waals surface area (Å²) in [5.74, 6) is 0.668. The standard InChI is InChI=1S/C48H27N3OS/c1-2-10-29(11-3-1)45-47-46(35-13-5-8-16-39(35)52-47)50-48(49-45)30-18-22-31(23-19-30)51-37-15-7-4-12-34(37)43-33-24-20-28-21-27-41-44(36-14-6-9-17-40(36)53-41)42(28)32(33)25-26-38(43)51/h1-27H. The Labute approximate surface area is 306 Å². The van der Waals surface area contributed by atoms with Crippen LogP contribution in [-0.2, 0) is 0 Å². The molecule has 4 nitrogen and oxygen atoms in total. The van der Waals surface area contributed by atoms with E-state index in [4.69, 9.17) is 14.4 Å². The summed E-state index contributed by atoms with van der Waals surface area (Å²) in [4.78, 5) is 10.2. The number of para-hydroxylation sites is 2. The number of nitrogens with zero attached hydrogens (tertiary/aromatic N) is 3. The Morgan fingerprint density at radius 3 is 2.06 bits per heavy atom. The van der Waals surface area contributed by atoms with Crippen molar-refractivity contribution < 1.29 is 4.42 Å². The lowest BCUT2D eigenvalue weighted by Gasteiger charge is -2.11. The molecule has 0 atom stereocenters. The number of aromatic nitrogens is 3. The Balaban J connectivity index is 1.06. The summed E-state index contributed by atoms with van der Waals surface area (Å²) in [5, 5.41) is 11.3. The molecule has 0 aliphatic carbocycles. The maximum atomic E-state index is 6.34. The van der Waals surface area contributed by atoms with Crippen LogP contribution in [0.25, 0.3) is 114 Å². The average Bonchev–Trinajstić information content (AvgIpc) is 3.90. The fourth-order valence-corrected chi connectivity index (χ4v) is 9.58. The molecule has 0 aliphatic heterocycles. The van der Waals surface area contributed by atoms with E-state index in [2.05, 4.69) is 132 Å². The van der Waals surface area contributed by atoms with Gasteiger partial charge in [0.05, 0.1) is 11.0 Å². The van der Waals surface area contributed by atoms with Crippen molar-refractivity contribution in [2.45, 2.75) is 0 Å². The van der Waals surface area contributed by atoms with Gasteiger partial charge in [-0.2, -0.15) is 0 Å². The van der Waals surface area contributed by atoms with Crippen LogP contribution in [0.4, 0.5) is 0 Å². The Hall–Kier alpha value is -6.82. The number of furan rings is 1. The second kappa shape index (κ2) is 10.8. The monoisotopic (exact) mass is 693 g/mol. The zero-order valence-corrected chi connectivity index (χ0v) is 29.1. The van der Waals surface area contributed by atoms with E-state index in [0.717, 1.165) is 39.0 Å². The number of hydrogen-bond donors (Lipinski definition) is 0. The Bertz CT molecular complexity index is 3450. The first-order chi connectivity index (χ1) is 26.3. The average molecular weight is 694 g/mol. The maximum Gasteiger partial charge on any atom is 0.180 e. The van der Waals surface area contributed by atoms with Gasteiger partial charge in [0.25, 0.3) is 0 Å². The molecule has 0 amide bonds. The largest absolute Gasteiger partial charge is 0.452 e. The van der Waals surface area contributed by atoms with E-state index in [1.54, 1.807) is 0 Å². The lowest BCUT2D eigenvalue weighted by molar-refractivity contribution is 0.667. The highest BCUT2D eigenvalue weighted by Gasteiger charge is 2.20. The smallest absolute Gasteiger partial charge is 0.180 e. The zero-order chi connectivity index (χ0) is 34.6. The van der Waals surface area contributed by atoms with Gasteiger partial charge >= 0.3 is 0 Å². The van der Waals surface area contributed by atoms with Crippen LogP contribution < -0.4 is 0 Å². The molecule has 246 valence electrons. The van der Waals surface area contributed by atoms with Crippen LogP contribution in [0, 0.1) is 0 Å². The van der Waals surface area contributed by atoms with Crippen molar-refractivity contribution in [3.8, 4) is 28.3 Å². The normalized spacial score (nSPS) is 12.2. The van der Waals surface area contributed by atoms with Gasteiger partial charge in [0.15, 0.2) is 11.4 Å². The zero-order valence-electron chi connectivity index (χ0n) is 28.2. The first-order valence-corrected chi connectivity index (χ1v) is 18.6. The predicted octanol–water partition coefficient (Wildman–Crippen LogP) is 13.5. The molecule has 8 aromatic carbocycles. The van der Waals surface area contributed by atoms with Crippen LogP contribution >= 0.6 is 11.3 Å².